The molecule has 0 aromatic rings. The lowest BCUT2D eigenvalue weighted by molar-refractivity contribution is -0.126. The highest BCUT2D eigenvalue weighted by molar-refractivity contribution is 5.80. The Morgan fingerprint density at radius 1 is 1.05 bits per heavy atom. The second-order valence-corrected chi connectivity index (χ2v) is 5.99. The van der Waals surface area contributed by atoms with Gasteiger partial charge in [0.05, 0.1) is 0 Å². The summed E-state index contributed by atoms with van der Waals surface area (Å²) in [5.74, 6) is 0.355. The van der Waals surface area contributed by atoms with Gasteiger partial charge in [-0.2, -0.15) is 0 Å². The number of amides is 2. The zero-order chi connectivity index (χ0) is 14.2. The van der Waals surface area contributed by atoms with E-state index in [-0.39, 0.29) is 23.8 Å². The number of nitrogens with one attached hydrogen (secondary N) is 3. The summed E-state index contributed by atoms with van der Waals surface area (Å²) < 4.78 is 0. The van der Waals surface area contributed by atoms with Crippen molar-refractivity contribution in [2.75, 3.05) is 19.6 Å². The first-order chi connectivity index (χ1) is 9.75. The maximum Gasteiger partial charge on any atom is 0.223 e. The van der Waals surface area contributed by atoms with Crippen molar-refractivity contribution in [3.8, 4) is 0 Å². The summed E-state index contributed by atoms with van der Waals surface area (Å²) in [5, 5.41) is 9.20. The molecule has 2 fully saturated rings. The minimum Gasteiger partial charge on any atom is -0.355 e. The van der Waals surface area contributed by atoms with Crippen molar-refractivity contribution in [3.05, 3.63) is 0 Å². The molecule has 3 N–H and O–H groups in total. The Labute approximate surface area is 121 Å². The molecule has 1 saturated carbocycles. The fraction of sp³-hybridized carbons (Fsp3) is 0.867. The van der Waals surface area contributed by atoms with E-state index in [4.69, 9.17) is 0 Å². The molecule has 5 nitrogen and oxygen atoms in total. The summed E-state index contributed by atoms with van der Waals surface area (Å²) in [6.45, 7) is 2.37. The summed E-state index contributed by atoms with van der Waals surface area (Å²) in [7, 11) is 0. The first kappa shape index (κ1) is 15.3. The molecule has 0 aromatic carbocycles. The number of hydrogen-bond donors (Lipinski definition) is 3. The van der Waals surface area contributed by atoms with Crippen molar-refractivity contribution in [1.29, 1.82) is 0 Å². The quantitative estimate of drug-likeness (QED) is 0.702. The number of carbonyl (C=O) groups is 2. The molecule has 1 aliphatic heterocycles. The van der Waals surface area contributed by atoms with Crippen LogP contribution in [-0.4, -0.2) is 37.5 Å². The lowest BCUT2D eigenvalue weighted by Crippen LogP contribution is -2.46. The van der Waals surface area contributed by atoms with Crippen molar-refractivity contribution in [2.24, 2.45) is 5.92 Å². The minimum absolute atomic E-state index is 0.0441. The van der Waals surface area contributed by atoms with Gasteiger partial charge >= 0.3 is 0 Å². The smallest absolute Gasteiger partial charge is 0.223 e. The average Bonchev–Trinajstić information content (AvgIpc) is 2.49. The summed E-state index contributed by atoms with van der Waals surface area (Å²) in [5.41, 5.74) is 0. The Morgan fingerprint density at radius 3 is 2.55 bits per heavy atom. The van der Waals surface area contributed by atoms with Crippen LogP contribution in [0.5, 0.6) is 0 Å². The van der Waals surface area contributed by atoms with Gasteiger partial charge in [0, 0.05) is 31.5 Å². The largest absolute Gasteiger partial charge is 0.355 e. The predicted molar refractivity (Wildman–Crippen MR) is 78.2 cm³/mol. The molecule has 0 aromatic heterocycles. The molecule has 0 radical (unpaired) electrons. The van der Waals surface area contributed by atoms with E-state index in [0.717, 1.165) is 51.6 Å². The standard InChI is InChI=1S/C15H27N3O2/c19-14(18-13-7-4-9-16-11-13)8-10-17-15(20)12-5-2-1-3-6-12/h12-13,16H,1-11H2,(H,17,20)(H,18,19)/t13-/m0/s1. The Hall–Kier alpha value is -1.10. The van der Waals surface area contributed by atoms with Crippen molar-refractivity contribution < 1.29 is 9.59 Å². The van der Waals surface area contributed by atoms with Crippen molar-refractivity contribution in [2.45, 2.75) is 57.4 Å². The van der Waals surface area contributed by atoms with E-state index in [9.17, 15) is 9.59 Å². The Balaban J connectivity index is 1.57. The fourth-order valence-electron chi connectivity index (χ4n) is 3.08. The maximum atomic E-state index is 11.9. The van der Waals surface area contributed by atoms with E-state index in [1.54, 1.807) is 0 Å². The van der Waals surface area contributed by atoms with Gasteiger partial charge in [-0.3, -0.25) is 9.59 Å². The van der Waals surface area contributed by atoms with E-state index in [1.807, 2.05) is 0 Å². The molecule has 0 spiro atoms. The zero-order valence-corrected chi connectivity index (χ0v) is 12.2. The van der Waals surface area contributed by atoms with Crippen molar-refractivity contribution >= 4 is 11.8 Å². The van der Waals surface area contributed by atoms with Crippen LogP contribution in [0.3, 0.4) is 0 Å². The summed E-state index contributed by atoms with van der Waals surface area (Å²) in [6.07, 6.45) is 8.13. The van der Waals surface area contributed by atoms with Gasteiger partial charge < -0.3 is 16.0 Å². The molecule has 5 heteroatoms. The number of piperidine rings is 1. The van der Waals surface area contributed by atoms with Crippen LogP contribution in [-0.2, 0) is 9.59 Å². The second-order valence-electron chi connectivity index (χ2n) is 5.99. The molecule has 1 saturated heterocycles. The average molecular weight is 281 g/mol. The number of rotatable bonds is 5. The molecule has 20 heavy (non-hydrogen) atoms. The van der Waals surface area contributed by atoms with Crippen LogP contribution >= 0.6 is 0 Å². The third kappa shape index (κ3) is 5.12. The van der Waals surface area contributed by atoms with Crippen LogP contribution in [0.25, 0.3) is 0 Å². The van der Waals surface area contributed by atoms with Gasteiger partial charge in [-0.25, -0.2) is 0 Å². The lowest BCUT2D eigenvalue weighted by Gasteiger charge is -2.24. The highest BCUT2D eigenvalue weighted by Gasteiger charge is 2.21. The highest BCUT2D eigenvalue weighted by Crippen LogP contribution is 2.23. The van der Waals surface area contributed by atoms with E-state index in [2.05, 4.69) is 16.0 Å². The third-order valence-electron chi connectivity index (χ3n) is 4.29. The highest BCUT2D eigenvalue weighted by atomic mass is 16.2. The summed E-state index contributed by atoms with van der Waals surface area (Å²) >= 11 is 0. The van der Waals surface area contributed by atoms with E-state index in [0.29, 0.717) is 13.0 Å². The first-order valence-corrected chi connectivity index (χ1v) is 8.03. The van der Waals surface area contributed by atoms with Crippen LogP contribution in [0.1, 0.15) is 51.4 Å². The molecular formula is C15H27N3O2. The first-order valence-electron chi connectivity index (χ1n) is 8.03. The fourth-order valence-corrected chi connectivity index (χ4v) is 3.08. The van der Waals surface area contributed by atoms with Gasteiger partial charge in [-0.15, -0.1) is 0 Å². The maximum absolute atomic E-state index is 11.9. The van der Waals surface area contributed by atoms with Gasteiger partial charge in [0.1, 0.15) is 0 Å². The van der Waals surface area contributed by atoms with Crippen molar-refractivity contribution in [1.82, 2.24) is 16.0 Å². The van der Waals surface area contributed by atoms with Crippen LogP contribution in [0.4, 0.5) is 0 Å². The summed E-state index contributed by atoms with van der Waals surface area (Å²) in [6, 6.07) is 0.255. The van der Waals surface area contributed by atoms with E-state index >= 15 is 0 Å². The Morgan fingerprint density at radius 2 is 1.85 bits per heavy atom. The van der Waals surface area contributed by atoms with Gasteiger partial charge in [-0.1, -0.05) is 19.3 Å². The molecule has 0 bridgehead atoms. The van der Waals surface area contributed by atoms with Crippen LogP contribution in [0.15, 0.2) is 0 Å². The van der Waals surface area contributed by atoms with Gasteiger partial charge in [0.15, 0.2) is 0 Å². The molecule has 2 rings (SSSR count). The summed E-state index contributed by atoms with van der Waals surface area (Å²) in [4.78, 5) is 23.7. The molecule has 2 aliphatic rings. The minimum atomic E-state index is 0.0441. The van der Waals surface area contributed by atoms with E-state index in [1.165, 1.54) is 6.42 Å². The SMILES string of the molecule is O=C(CCNC(=O)C1CCCCC1)N[C@H]1CCCNC1. The second kappa shape index (κ2) is 8.25. The number of carbonyl (C=O) groups excluding carboxylic acids is 2. The third-order valence-corrected chi connectivity index (χ3v) is 4.29. The van der Waals surface area contributed by atoms with Crippen molar-refractivity contribution in [3.63, 3.8) is 0 Å². The topological polar surface area (TPSA) is 70.2 Å². The molecule has 2 amide bonds. The number of hydrogen-bond acceptors (Lipinski definition) is 3. The lowest BCUT2D eigenvalue weighted by atomic mass is 9.89. The molecular weight excluding hydrogens is 254 g/mol. The van der Waals surface area contributed by atoms with Gasteiger partial charge in [0.2, 0.25) is 11.8 Å². The Kier molecular flexibility index (Phi) is 6.30. The normalized spacial score (nSPS) is 24.1. The zero-order valence-electron chi connectivity index (χ0n) is 12.2. The monoisotopic (exact) mass is 281 g/mol. The Bertz CT molecular complexity index is 321. The molecule has 1 atom stereocenters. The van der Waals surface area contributed by atoms with Gasteiger partial charge in [0.25, 0.3) is 0 Å². The van der Waals surface area contributed by atoms with E-state index < -0.39 is 0 Å². The van der Waals surface area contributed by atoms with Crippen LogP contribution < -0.4 is 16.0 Å². The van der Waals surface area contributed by atoms with Crippen LogP contribution in [0.2, 0.25) is 0 Å². The predicted octanol–water partition coefficient (Wildman–Crippen LogP) is 0.941. The molecule has 1 aliphatic carbocycles. The molecule has 0 unspecified atom stereocenters. The van der Waals surface area contributed by atoms with Crippen LogP contribution in [0, 0.1) is 5.92 Å². The molecule has 1 heterocycles. The van der Waals surface area contributed by atoms with Gasteiger partial charge in [-0.05, 0) is 32.2 Å². The molecule has 114 valence electrons.